The molecule has 2 saturated heterocycles. The van der Waals surface area contributed by atoms with Gasteiger partial charge in [-0.15, -0.1) is 12.4 Å². The Bertz CT molecular complexity index is 599. The highest BCUT2D eigenvalue weighted by atomic mass is 35.5. The molecule has 5 nitrogen and oxygen atoms in total. The number of amides is 2. The Hall–Kier alpha value is -1.66. The summed E-state index contributed by atoms with van der Waals surface area (Å²) in [5.74, 6) is 0.0187. The Morgan fingerprint density at radius 3 is 2.71 bits per heavy atom. The zero-order chi connectivity index (χ0) is 16.2. The average Bonchev–Trinajstić information content (AvgIpc) is 3.15. The molecule has 0 saturated carbocycles. The van der Waals surface area contributed by atoms with Crippen LogP contribution in [-0.2, 0) is 22.7 Å². The van der Waals surface area contributed by atoms with Crippen molar-refractivity contribution in [2.24, 2.45) is 0 Å². The molecule has 132 valence electrons. The zero-order valence-electron chi connectivity index (χ0n) is 13.5. The summed E-state index contributed by atoms with van der Waals surface area (Å²) in [5.41, 5.74) is 2.04. The Labute approximate surface area is 147 Å². The molecule has 2 N–H and O–H groups in total. The monoisotopic (exact) mass is 355 g/mol. The number of hydrogen-bond acceptors (Lipinski definition) is 3. The van der Waals surface area contributed by atoms with Gasteiger partial charge in [-0.3, -0.25) is 9.59 Å². The largest absolute Gasteiger partial charge is 0.351 e. The van der Waals surface area contributed by atoms with Crippen molar-refractivity contribution < 1.29 is 14.0 Å². The number of nitrogens with one attached hydrogen (secondary N) is 2. The third-order valence-corrected chi connectivity index (χ3v) is 4.50. The van der Waals surface area contributed by atoms with E-state index in [1.165, 1.54) is 0 Å². The summed E-state index contributed by atoms with van der Waals surface area (Å²) in [4.78, 5) is 25.7. The highest BCUT2D eigenvalue weighted by Crippen LogP contribution is 2.17. The van der Waals surface area contributed by atoms with Crippen LogP contribution in [0.15, 0.2) is 24.3 Å². The molecule has 0 radical (unpaired) electrons. The van der Waals surface area contributed by atoms with Gasteiger partial charge in [0.25, 0.3) is 0 Å². The van der Waals surface area contributed by atoms with E-state index < -0.39 is 12.2 Å². The van der Waals surface area contributed by atoms with Crippen LogP contribution in [0.2, 0.25) is 0 Å². The number of benzene rings is 1. The van der Waals surface area contributed by atoms with Crippen molar-refractivity contribution in [2.45, 2.75) is 44.6 Å². The lowest BCUT2D eigenvalue weighted by atomic mass is 10.1. The van der Waals surface area contributed by atoms with Crippen LogP contribution in [0.4, 0.5) is 4.39 Å². The number of likely N-dealkylation sites (tertiary alicyclic amines) is 1. The predicted molar refractivity (Wildman–Crippen MR) is 91.5 cm³/mol. The van der Waals surface area contributed by atoms with Gasteiger partial charge < -0.3 is 15.5 Å². The minimum Gasteiger partial charge on any atom is -0.351 e. The normalized spacial score (nSPS) is 23.2. The van der Waals surface area contributed by atoms with Crippen LogP contribution >= 0.6 is 12.4 Å². The van der Waals surface area contributed by atoms with Crippen molar-refractivity contribution in [3.63, 3.8) is 0 Å². The highest BCUT2D eigenvalue weighted by molar-refractivity contribution is 5.85. The Morgan fingerprint density at radius 2 is 2.08 bits per heavy atom. The third-order valence-electron chi connectivity index (χ3n) is 4.50. The first-order valence-electron chi connectivity index (χ1n) is 8.13. The first kappa shape index (κ1) is 18.7. The number of alkyl halides is 1. The van der Waals surface area contributed by atoms with E-state index in [4.69, 9.17) is 0 Å². The van der Waals surface area contributed by atoms with Crippen LogP contribution in [0.3, 0.4) is 0 Å². The van der Waals surface area contributed by atoms with E-state index in [2.05, 4.69) is 10.6 Å². The molecule has 1 aromatic rings. The van der Waals surface area contributed by atoms with Crippen molar-refractivity contribution >= 4 is 24.2 Å². The Balaban J connectivity index is 0.00000208. The molecule has 2 aliphatic heterocycles. The molecule has 2 amide bonds. The average molecular weight is 356 g/mol. The maximum Gasteiger partial charge on any atom is 0.237 e. The number of carbonyl (C=O) groups is 2. The van der Waals surface area contributed by atoms with Crippen LogP contribution < -0.4 is 10.6 Å². The lowest BCUT2D eigenvalue weighted by molar-refractivity contribution is -0.128. The maximum absolute atomic E-state index is 13.1. The van der Waals surface area contributed by atoms with E-state index in [0.717, 1.165) is 24.1 Å². The van der Waals surface area contributed by atoms with Crippen molar-refractivity contribution in [3.05, 3.63) is 35.4 Å². The van der Waals surface area contributed by atoms with E-state index >= 15 is 0 Å². The molecular formula is C17H23ClFN3O2. The lowest BCUT2D eigenvalue weighted by Gasteiger charge is -2.19. The Morgan fingerprint density at radius 1 is 1.33 bits per heavy atom. The van der Waals surface area contributed by atoms with Gasteiger partial charge in [0.15, 0.2) is 0 Å². The molecule has 2 fully saturated rings. The smallest absolute Gasteiger partial charge is 0.237 e. The predicted octanol–water partition coefficient (Wildman–Crippen LogP) is 1.55. The van der Waals surface area contributed by atoms with E-state index in [0.29, 0.717) is 19.5 Å². The molecule has 2 atom stereocenters. The summed E-state index contributed by atoms with van der Waals surface area (Å²) in [7, 11) is 0. The molecule has 2 heterocycles. The molecular weight excluding hydrogens is 333 g/mol. The van der Waals surface area contributed by atoms with Crippen LogP contribution in [0.25, 0.3) is 0 Å². The van der Waals surface area contributed by atoms with Gasteiger partial charge >= 0.3 is 0 Å². The molecule has 7 heteroatoms. The number of carbonyl (C=O) groups excluding carboxylic acids is 2. The summed E-state index contributed by atoms with van der Waals surface area (Å²) < 4.78 is 13.1. The zero-order valence-corrected chi connectivity index (χ0v) is 14.3. The minimum absolute atomic E-state index is 0. The third kappa shape index (κ3) is 4.45. The van der Waals surface area contributed by atoms with Gasteiger partial charge in [0.2, 0.25) is 11.8 Å². The molecule has 24 heavy (non-hydrogen) atoms. The fraction of sp³-hybridized carbons (Fsp3) is 0.529. The summed E-state index contributed by atoms with van der Waals surface area (Å²) in [6, 6.07) is 7.35. The van der Waals surface area contributed by atoms with Gasteiger partial charge in [0.1, 0.15) is 6.17 Å². The van der Waals surface area contributed by atoms with Gasteiger partial charge in [-0.2, -0.15) is 0 Å². The molecule has 2 aliphatic rings. The fourth-order valence-corrected chi connectivity index (χ4v) is 3.16. The van der Waals surface area contributed by atoms with Crippen LogP contribution in [0, 0.1) is 0 Å². The minimum atomic E-state index is -0.945. The number of nitrogens with zero attached hydrogens (tertiary/aromatic N) is 1. The first-order chi connectivity index (χ1) is 11.1. The lowest BCUT2D eigenvalue weighted by Crippen LogP contribution is -2.40. The molecule has 0 unspecified atom stereocenters. The van der Waals surface area contributed by atoms with Gasteiger partial charge in [0.05, 0.1) is 6.04 Å². The van der Waals surface area contributed by atoms with E-state index in [1.54, 1.807) is 0 Å². The van der Waals surface area contributed by atoms with Gasteiger partial charge in [-0.05, 0) is 17.5 Å². The summed E-state index contributed by atoms with van der Waals surface area (Å²) in [6.45, 7) is 2.01. The van der Waals surface area contributed by atoms with E-state index in [1.807, 2.05) is 29.2 Å². The van der Waals surface area contributed by atoms with Crippen LogP contribution in [-0.4, -0.2) is 42.0 Å². The summed E-state index contributed by atoms with van der Waals surface area (Å²) in [6.07, 6.45) is 0.821. The number of rotatable bonds is 5. The molecule has 0 bridgehead atoms. The van der Waals surface area contributed by atoms with Crippen molar-refractivity contribution in [2.75, 3.05) is 13.1 Å². The summed E-state index contributed by atoms with van der Waals surface area (Å²) >= 11 is 0. The van der Waals surface area contributed by atoms with Gasteiger partial charge in [-0.25, -0.2) is 4.39 Å². The maximum atomic E-state index is 13.1. The standard InChI is InChI=1S/C17H22FN3O2.ClH/c18-14-8-15(19-10-14)17(23)20-9-12-4-1-2-5-13(12)11-21-7-3-6-16(21)22;/h1-2,4-5,14-15,19H,3,6-11H2,(H,20,23);1H/t14-,15+;/m0./s1. The first-order valence-corrected chi connectivity index (χ1v) is 8.13. The second-order valence-electron chi connectivity index (χ2n) is 6.20. The van der Waals surface area contributed by atoms with Crippen LogP contribution in [0.5, 0.6) is 0 Å². The number of halogens is 2. The van der Waals surface area contributed by atoms with Crippen molar-refractivity contribution in [1.82, 2.24) is 15.5 Å². The van der Waals surface area contributed by atoms with Crippen molar-refractivity contribution in [3.8, 4) is 0 Å². The summed E-state index contributed by atoms with van der Waals surface area (Å²) in [5, 5.41) is 5.75. The second-order valence-corrected chi connectivity index (χ2v) is 6.20. The topological polar surface area (TPSA) is 61.4 Å². The number of hydrogen-bond donors (Lipinski definition) is 2. The van der Waals surface area contributed by atoms with Gasteiger partial charge in [0, 0.05) is 39.0 Å². The van der Waals surface area contributed by atoms with Gasteiger partial charge in [-0.1, -0.05) is 24.3 Å². The quantitative estimate of drug-likeness (QED) is 0.842. The molecule has 1 aromatic carbocycles. The molecule has 0 aliphatic carbocycles. The Kier molecular flexibility index (Phi) is 6.57. The molecule has 0 spiro atoms. The fourth-order valence-electron chi connectivity index (χ4n) is 3.16. The second kappa shape index (κ2) is 8.44. The van der Waals surface area contributed by atoms with E-state index in [-0.39, 0.29) is 37.2 Å². The highest BCUT2D eigenvalue weighted by Gasteiger charge is 2.29. The SMILES string of the molecule is Cl.O=C(NCc1ccccc1CN1CCCC1=O)[C@H]1C[C@H](F)CN1. The van der Waals surface area contributed by atoms with E-state index in [9.17, 15) is 14.0 Å². The molecule has 0 aromatic heterocycles. The van der Waals surface area contributed by atoms with Crippen LogP contribution in [0.1, 0.15) is 30.4 Å². The van der Waals surface area contributed by atoms with Crippen molar-refractivity contribution in [1.29, 1.82) is 0 Å². The molecule has 3 rings (SSSR count).